The number of oxazole rings is 1. The molecule has 1 N–H and O–H groups in total. The van der Waals surface area contributed by atoms with Crippen molar-refractivity contribution >= 4 is 34.8 Å². The molecule has 0 radical (unpaired) electrons. The number of nitrogens with zero attached hydrogens (tertiary/aromatic N) is 1. The van der Waals surface area contributed by atoms with Crippen molar-refractivity contribution in [3.63, 3.8) is 0 Å². The Balaban J connectivity index is 2.51. The minimum Gasteiger partial charge on any atom is -0.481 e. The number of fused-ring (bicyclic) bond motifs is 1. The number of unbranched alkanes of at least 4 members (excludes halogenated alkanes) is 1. The van der Waals surface area contributed by atoms with Gasteiger partial charge in [0, 0.05) is 0 Å². The number of hydrogen-bond donors (Lipinski definition) is 2. The van der Waals surface area contributed by atoms with E-state index in [0.29, 0.717) is 23.9 Å². The highest BCUT2D eigenvalue weighted by Gasteiger charge is 2.47. The van der Waals surface area contributed by atoms with Gasteiger partial charge < -0.3 is 9.52 Å². The number of benzene rings is 1. The maximum absolute atomic E-state index is 12.0. The molecule has 2 atom stereocenters. The zero-order valence-electron chi connectivity index (χ0n) is 12.6. The molecule has 1 aromatic heterocycles. The van der Waals surface area contributed by atoms with Crippen LogP contribution >= 0.6 is 12.6 Å². The first-order valence-electron chi connectivity index (χ1n) is 7.21. The van der Waals surface area contributed by atoms with Crippen molar-refractivity contribution < 1.29 is 19.1 Å². The second kappa shape index (κ2) is 6.52. The summed E-state index contributed by atoms with van der Waals surface area (Å²) in [6.07, 6.45) is 1.89. The first-order valence-corrected chi connectivity index (χ1v) is 7.66. The predicted molar refractivity (Wildman–Crippen MR) is 86.0 cm³/mol. The van der Waals surface area contributed by atoms with Gasteiger partial charge in [0.15, 0.2) is 10.7 Å². The Kier molecular flexibility index (Phi) is 4.90. The molecule has 0 amide bonds. The average Bonchev–Trinajstić information content (AvgIpc) is 2.87. The predicted octanol–water partition coefficient (Wildman–Crippen LogP) is 3.65. The minimum atomic E-state index is -1.30. The lowest BCUT2D eigenvalue weighted by molar-refractivity contribution is -0.152. The molecule has 2 aromatic rings. The molecule has 0 aliphatic carbocycles. The molecule has 0 saturated carbocycles. The molecule has 0 aliphatic heterocycles. The normalized spacial score (nSPS) is 15.4. The summed E-state index contributed by atoms with van der Waals surface area (Å²) in [5, 5.41) is 9.11. The summed E-state index contributed by atoms with van der Waals surface area (Å²) in [4.78, 5) is 28.1. The van der Waals surface area contributed by atoms with Crippen LogP contribution in [0.25, 0.3) is 11.1 Å². The average molecular weight is 321 g/mol. The van der Waals surface area contributed by atoms with Gasteiger partial charge in [-0.25, -0.2) is 4.98 Å². The highest BCUT2D eigenvalue weighted by molar-refractivity contribution is 7.96. The number of carbonyl (C=O) groups is 2. The molecule has 1 heterocycles. The van der Waals surface area contributed by atoms with Gasteiger partial charge in [-0.05, 0) is 25.5 Å². The maximum Gasteiger partial charge on any atom is 0.310 e. The summed E-state index contributed by atoms with van der Waals surface area (Å²) in [5.74, 6) is -1.95. The van der Waals surface area contributed by atoms with Crippen LogP contribution in [0.4, 0.5) is 0 Å². The molecule has 1 aromatic carbocycles. The number of carboxylic acid groups (broad SMARTS) is 1. The van der Waals surface area contributed by atoms with Gasteiger partial charge in [0.05, 0.1) is 5.41 Å². The number of thiol groups is 1. The van der Waals surface area contributed by atoms with Crippen molar-refractivity contribution in [1.29, 1.82) is 0 Å². The summed E-state index contributed by atoms with van der Waals surface area (Å²) >= 11 is 3.89. The summed E-state index contributed by atoms with van der Waals surface area (Å²) in [7, 11) is 0. The van der Waals surface area contributed by atoms with Crippen LogP contribution in [0.3, 0.4) is 0 Å². The molecule has 0 aliphatic rings. The molecule has 2 unspecified atom stereocenters. The fourth-order valence-corrected chi connectivity index (χ4v) is 2.98. The zero-order valence-corrected chi connectivity index (χ0v) is 13.5. The molecule has 0 fully saturated rings. The maximum atomic E-state index is 12.0. The van der Waals surface area contributed by atoms with E-state index >= 15 is 0 Å². The van der Waals surface area contributed by atoms with E-state index in [1.807, 2.05) is 6.92 Å². The van der Waals surface area contributed by atoms with E-state index in [2.05, 4.69) is 17.6 Å². The van der Waals surface area contributed by atoms with E-state index in [1.54, 1.807) is 31.2 Å². The van der Waals surface area contributed by atoms with Crippen molar-refractivity contribution in [3.8, 4) is 0 Å². The molecular formula is C16H19NO4S. The standard InChI is InChI=1S/C16H19NO4S/c1-3-4-9-16(2,15(19)20)12(14(18)22)13-17-10-7-5-6-8-11(10)21-13/h5-8,12H,3-4,9H2,1-2H3,(H,18,22)(H,19,20). The summed E-state index contributed by atoms with van der Waals surface area (Å²) in [6, 6.07) is 7.09. The lowest BCUT2D eigenvalue weighted by Crippen LogP contribution is -2.37. The second-order valence-corrected chi connectivity index (χ2v) is 6.06. The Morgan fingerprint density at radius 2 is 2.09 bits per heavy atom. The fraction of sp³-hybridized carbons (Fsp3) is 0.438. The van der Waals surface area contributed by atoms with E-state index < -0.39 is 22.4 Å². The smallest absolute Gasteiger partial charge is 0.310 e. The van der Waals surface area contributed by atoms with Crippen molar-refractivity contribution in [3.05, 3.63) is 30.2 Å². The first-order chi connectivity index (χ1) is 10.4. The second-order valence-electron chi connectivity index (χ2n) is 5.62. The van der Waals surface area contributed by atoms with Gasteiger partial charge in [-0.15, -0.1) is 12.6 Å². The van der Waals surface area contributed by atoms with Gasteiger partial charge in [-0.2, -0.15) is 0 Å². The van der Waals surface area contributed by atoms with Crippen LogP contribution in [-0.2, 0) is 9.59 Å². The SMILES string of the molecule is CCCCC(C)(C(=O)O)C(C(=O)S)c1nc2ccccc2o1. The third kappa shape index (κ3) is 3.02. The van der Waals surface area contributed by atoms with Crippen molar-refractivity contribution in [2.24, 2.45) is 5.41 Å². The number of carbonyl (C=O) groups excluding carboxylic acids is 1. The van der Waals surface area contributed by atoms with E-state index in [9.17, 15) is 14.7 Å². The van der Waals surface area contributed by atoms with E-state index in [-0.39, 0.29) is 5.89 Å². The molecule has 6 heteroatoms. The molecule has 5 nitrogen and oxygen atoms in total. The van der Waals surface area contributed by atoms with Gasteiger partial charge in [0.2, 0.25) is 5.89 Å². The third-order valence-electron chi connectivity index (χ3n) is 3.98. The van der Waals surface area contributed by atoms with Crippen LogP contribution in [0.5, 0.6) is 0 Å². The molecule has 22 heavy (non-hydrogen) atoms. The van der Waals surface area contributed by atoms with E-state index in [4.69, 9.17) is 4.42 Å². The largest absolute Gasteiger partial charge is 0.481 e. The van der Waals surface area contributed by atoms with Crippen LogP contribution in [0.15, 0.2) is 28.7 Å². The van der Waals surface area contributed by atoms with Gasteiger partial charge in [-0.3, -0.25) is 9.59 Å². The lowest BCUT2D eigenvalue weighted by atomic mass is 9.73. The number of carboxylic acids is 1. The zero-order chi connectivity index (χ0) is 16.3. The van der Waals surface area contributed by atoms with Crippen LogP contribution in [0.2, 0.25) is 0 Å². The highest BCUT2D eigenvalue weighted by Crippen LogP contribution is 2.42. The molecule has 0 spiro atoms. The Morgan fingerprint density at radius 1 is 1.41 bits per heavy atom. The third-order valence-corrected chi connectivity index (χ3v) is 4.24. The lowest BCUT2D eigenvalue weighted by Gasteiger charge is -2.29. The first kappa shape index (κ1) is 16.5. The Hall–Kier alpha value is -1.82. The number of aliphatic carboxylic acids is 1. The number of rotatable bonds is 7. The van der Waals surface area contributed by atoms with Gasteiger partial charge in [-0.1, -0.05) is 31.9 Å². The monoisotopic (exact) mass is 321 g/mol. The van der Waals surface area contributed by atoms with Crippen molar-refractivity contribution in [2.45, 2.75) is 39.0 Å². The van der Waals surface area contributed by atoms with Gasteiger partial charge in [0.25, 0.3) is 0 Å². The van der Waals surface area contributed by atoms with Crippen LogP contribution in [-0.4, -0.2) is 21.2 Å². The summed E-state index contributed by atoms with van der Waals surface area (Å²) < 4.78 is 5.62. The van der Waals surface area contributed by atoms with E-state index in [0.717, 1.165) is 6.42 Å². The molecule has 2 rings (SSSR count). The van der Waals surface area contributed by atoms with Crippen LogP contribution in [0.1, 0.15) is 44.9 Å². The fourth-order valence-electron chi connectivity index (χ4n) is 2.58. The quantitative estimate of drug-likeness (QED) is 0.761. The minimum absolute atomic E-state index is 0.113. The van der Waals surface area contributed by atoms with Gasteiger partial charge in [0.1, 0.15) is 11.4 Å². The van der Waals surface area contributed by atoms with Crippen molar-refractivity contribution in [2.75, 3.05) is 0 Å². The summed E-state index contributed by atoms with van der Waals surface area (Å²) in [5.41, 5.74) is -0.170. The topological polar surface area (TPSA) is 80.4 Å². The van der Waals surface area contributed by atoms with Crippen molar-refractivity contribution in [1.82, 2.24) is 4.98 Å². The number of aromatic nitrogens is 1. The summed E-state index contributed by atoms with van der Waals surface area (Å²) in [6.45, 7) is 3.53. The van der Waals surface area contributed by atoms with Crippen LogP contribution < -0.4 is 0 Å². The molecular weight excluding hydrogens is 302 g/mol. The molecule has 0 saturated heterocycles. The van der Waals surface area contributed by atoms with Gasteiger partial charge >= 0.3 is 5.97 Å². The molecule has 0 bridgehead atoms. The Labute approximate surface area is 134 Å². The number of hydrogen-bond acceptors (Lipinski definition) is 4. The van der Waals surface area contributed by atoms with Crippen LogP contribution in [0, 0.1) is 5.41 Å². The molecule has 118 valence electrons. The van der Waals surface area contributed by atoms with E-state index in [1.165, 1.54) is 0 Å². The highest BCUT2D eigenvalue weighted by atomic mass is 32.1. The number of para-hydroxylation sites is 2. The Morgan fingerprint density at radius 3 is 2.64 bits per heavy atom. The Bertz CT molecular complexity index is 663.